The summed E-state index contributed by atoms with van der Waals surface area (Å²) in [5.74, 6) is 0.856. The van der Waals surface area contributed by atoms with Gasteiger partial charge in [-0.2, -0.15) is 0 Å². The van der Waals surface area contributed by atoms with Crippen molar-refractivity contribution in [3.05, 3.63) is 53.8 Å². The highest BCUT2D eigenvalue weighted by atomic mass is 32.1. The van der Waals surface area contributed by atoms with Crippen LogP contribution < -0.4 is 4.74 Å². The largest absolute Gasteiger partial charge is 0.487 e. The predicted octanol–water partition coefficient (Wildman–Crippen LogP) is 3.34. The van der Waals surface area contributed by atoms with E-state index in [4.69, 9.17) is 9.72 Å². The Kier molecular flexibility index (Phi) is 3.74. The van der Waals surface area contributed by atoms with Gasteiger partial charge >= 0.3 is 0 Å². The normalized spacial score (nSPS) is 18.8. The monoisotopic (exact) mass is 311 g/mol. The van der Waals surface area contributed by atoms with E-state index in [2.05, 4.69) is 28.1 Å². The molecule has 0 unspecified atom stereocenters. The molecule has 1 saturated heterocycles. The lowest BCUT2D eigenvalue weighted by atomic mass is 10.3. The number of fused-ring (bicyclic) bond motifs is 1. The number of pyridine rings is 1. The fourth-order valence-electron chi connectivity index (χ4n) is 2.83. The summed E-state index contributed by atoms with van der Waals surface area (Å²) in [4.78, 5) is 11.2. The van der Waals surface area contributed by atoms with Crippen molar-refractivity contribution in [1.29, 1.82) is 0 Å². The maximum atomic E-state index is 5.98. The number of benzene rings is 1. The summed E-state index contributed by atoms with van der Waals surface area (Å²) in [6.07, 6.45) is 4.84. The minimum absolute atomic E-state index is 0.249. The number of aromatic nitrogens is 2. The van der Waals surface area contributed by atoms with Crippen molar-refractivity contribution >= 4 is 21.6 Å². The number of thiazole rings is 1. The van der Waals surface area contributed by atoms with Gasteiger partial charge in [0.15, 0.2) is 0 Å². The first kappa shape index (κ1) is 13.7. The van der Waals surface area contributed by atoms with Gasteiger partial charge < -0.3 is 4.74 Å². The highest BCUT2D eigenvalue weighted by Crippen LogP contribution is 2.24. The second-order valence-electron chi connectivity index (χ2n) is 5.53. The van der Waals surface area contributed by atoms with E-state index >= 15 is 0 Å². The minimum Gasteiger partial charge on any atom is -0.487 e. The van der Waals surface area contributed by atoms with Crippen molar-refractivity contribution in [2.45, 2.75) is 19.1 Å². The highest BCUT2D eigenvalue weighted by Gasteiger charge is 2.24. The molecule has 1 aliphatic rings. The van der Waals surface area contributed by atoms with Crippen LogP contribution in [0.3, 0.4) is 0 Å². The van der Waals surface area contributed by atoms with Crippen LogP contribution in [0.15, 0.2) is 48.8 Å². The molecular weight excluding hydrogens is 294 g/mol. The van der Waals surface area contributed by atoms with Crippen LogP contribution in [0, 0.1) is 0 Å². The second-order valence-corrected chi connectivity index (χ2v) is 6.64. The second kappa shape index (κ2) is 6.02. The summed E-state index contributed by atoms with van der Waals surface area (Å²) in [5, 5.41) is 1.18. The molecule has 0 amide bonds. The molecule has 4 rings (SSSR count). The number of rotatable bonds is 4. The SMILES string of the molecule is c1cncc(O[C@H]2CCN(Cc3nc4ccccc4s3)C2)c1. The third-order valence-corrected chi connectivity index (χ3v) is 4.88. The number of hydrogen-bond acceptors (Lipinski definition) is 5. The van der Waals surface area contributed by atoms with Gasteiger partial charge in [-0.05, 0) is 30.7 Å². The molecule has 0 bridgehead atoms. The van der Waals surface area contributed by atoms with E-state index in [1.54, 1.807) is 23.7 Å². The molecule has 22 heavy (non-hydrogen) atoms. The third-order valence-electron chi connectivity index (χ3n) is 3.86. The van der Waals surface area contributed by atoms with Crippen molar-refractivity contribution < 1.29 is 4.74 Å². The summed E-state index contributed by atoms with van der Waals surface area (Å²) in [5.41, 5.74) is 1.10. The molecule has 0 spiro atoms. The number of likely N-dealkylation sites (tertiary alicyclic amines) is 1. The Hall–Kier alpha value is -1.98. The lowest BCUT2D eigenvalue weighted by Crippen LogP contribution is -2.24. The van der Waals surface area contributed by atoms with Gasteiger partial charge in [-0.3, -0.25) is 9.88 Å². The zero-order valence-corrected chi connectivity index (χ0v) is 13.0. The van der Waals surface area contributed by atoms with Gasteiger partial charge in [0.1, 0.15) is 16.9 Å². The van der Waals surface area contributed by atoms with E-state index in [1.807, 2.05) is 18.2 Å². The van der Waals surface area contributed by atoms with Crippen LogP contribution in [0.1, 0.15) is 11.4 Å². The first-order chi connectivity index (χ1) is 10.9. The summed E-state index contributed by atoms with van der Waals surface area (Å²) in [6.45, 7) is 2.91. The molecule has 0 N–H and O–H groups in total. The maximum Gasteiger partial charge on any atom is 0.138 e. The van der Waals surface area contributed by atoms with Crippen molar-refractivity contribution in [3.63, 3.8) is 0 Å². The molecule has 0 radical (unpaired) electrons. The molecule has 1 aromatic carbocycles. The van der Waals surface area contributed by atoms with Gasteiger partial charge in [0.05, 0.1) is 23.0 Å². The van der Waals surface area contributed by atoms with Crippen LogP contribution in [0.2, 0.25) is 0 Å². The third kappa shape index (κ3) is 2.96. The molecule has 3 aromatic rings. The standard InChI is InChI=1S/C17H17N3OS/c1-2-6-16-15(5-1)19-17(22-16)12-20-9-7-14(11-20)21-13-4-3-8-18-10-13/h1-6,8,10,14H,7,9,11-12H2/t14-/m0/s1. The van der Waals surface area contributed by atoms with E-state index in [1.165, 1.54) is 9.71 Å². The van der Waals surface area contributed by atoms with Gasteiger partial charge in [-0.15, -0.1) is 11.3 Å². The Morgan fingerprint density at radius 1 is 1.23 bits per heavy atom. The minimum atomic E-state index is 0.249. The molecule has 112 valence electrons. The zero-order chi connectivity index (χ0) is 14.8. The summed E-state index contributed by atoms with van der Waals surface area (Å²) >= 11 is 1.79. The van der Waals surface area contributed by atoms with E-state index in [9.17, 15) is 0 Å². The lowest BCUT2D eigenvalue weighted by Gasteiger charge is -2.15. The average molecular weight is 311 g/mol. The molecule has 2 aromatic heterocycles. The Morgan fingerprint density at radius 3 is 3.05 bits per heavy atom. The highest BCUT2D eigenvalue weighted by molar-refractivity contribution is 7.18. The topological polar surface area (TPSA) is 38.2 Å². The Labute approximate surface area is 133 Å². The first-order valence-electron chi connectivity index (χ1n) is 7.50. The van der Waals surface area contributed by atoms with Crippen LogP contribution in [-0.4, -0.2) is 34.1 Å². The summed E-state index contributed by atoms with van der Waals surface area (Å²) < 4.78 is 7.24. The average Bonchev–Trinajstić information content (AvgIpc) is 3.14. The number of hydrogen-bond donors (Lipinski definition) is 0. The quantitative estimate of drug-likeness (QED) is 0.740. The predicted molar refractivity (Wildman–Crippen MR) is 88.2 cm³/mol. The van der Waals surface area contributed by atoms with Gasteiger partial charge in [-0.25, -0.2) is 4.98 Å². The molecule has 5 heteroatoms. The van der Waals surface area contributed by atoms with Gasteiger partial charge in [0, 0.05) is 19.3 Å². The maximum absolute atomic E-state index is 5.98. The smallest absolute Gasteiger partial charge is 0.138 e. The molecule has 0 aliphatic carbocycles. The van der Waals surface area contributed by atoms with E-state index < -0.39 is 0 Å². The van der Waals surface area contributed by atoms with Crippen molar-refractivity contribution in [2.24, 2.45) is 0 Å². The van der Waals surface area contributed by atoms with Gasteiger partial charge in [-0.1, -0.05) is 12.1 Å². The molecule has 4 nitrogen and oxygen atoms in total. The fourth-order valence-corrected chi connectivity index (χ4v) is 3.83. The van der Waals surface area contributed by atoms with Crippen LogP contribution in [0.4, 0.5) is 0 Å². The first-order valence-corrected chi connectivity index (χ1v) is 8.32. The number of para-hydroxylation sites is 1. The van der Waals surface area contributed by atoms with Crippen LogP contribution >= 0.6 is 11.3 Å². The number of nitrogens with zero attached hydrogens (tertiary/aromatic N) is 3. The molecule has 3 heterocycles. The van der Waals surface area contributed by atoms with Crippen LogP contribution in [-0.2, 0) is 6.54 Å². The Morgan fingerprint density at radius 2 is 2.18 bits per heavy atom. The molecule has 1 aliphatic heterocycles. The van der Waals surface area contributed by atoms with Gasteiger partial charge in [0.25, 0.3) is 0 Å². The molecular formula is C17H17N3OS. The van der Waals surface area contributed by atoms with E-state index in [0.29, 0.717) is 0 Å². The molecule has 1 fully saturated rings. The summed E-state index contributed by atoms with van der Waals surface area (Å²) in [6, 6.07) is 12.2. The van der Waals surface area contributed by atoms with Crippen LogP contribution in [0.5, 0.6) is 5.75 Å². The lowest BCUT2D eigenvalue weighted by molar-refractivity contribution is 0.197. The van der Waals surface area contributed by atoms with Gasteiger partial charge in [0.2, 0.25) is 0 Å². The van der Waals surface area contributed by atoms with Crippen molar-refractivity contribution in [3.8, 4) is 5.75 Å². The molecule has 1 atom stereocenters. The van der Waals surface area contributed by atoms with Crippen LogP contribution in [0.25, 0.3) is 10.2 Å². The van der Waals surface area contributed by atoms with Crippen molar-refractivity contribution in [2.75, 3.05) is 13.1 Å². The molecule has 0 saturated carbocycles. The fraction of sp³-hybridized carbons (Fsp3) is 0.294. The van der Waals surface area contributed by atoms with Crippen molar-refractivity contribution in [1.82, 2.24) is 14.9 Å². The number of ether oxygens (including phenoxy) is 1. The van der Waals surface area contributed by atoms with E-state index in [-0.39, 0.29) is 6.10 Å². The van der Waals surface area contributed by atoms with E-state index in [0.717, 1.165) is 37.3 Å². The zero-order valence-electron chi connectivity index (χ0n) is 12.2. The summed E-state index contributed by atoms with van der Waals surface area (Å²) in [7, 11) is 0. The Balaban J connectivity index is 1.38. The Bertz CT molecular complexity index is 726.